The smallest absolute Gasteiger partial charge is 0.242 e. The summed E-state index contributed by atoms with van der Waals surface area (Å²) in [4.78, 5) is 31.8. The van der Waals surface area contributed by atoms with Crippen molar-refractivity contribution in [1.29, 1.82) is 0 Å². The Bertz CT molecular complexity index is 1360. The fourth-order valence-electron chi connectivity index (χ4n) is 5.46. The van der Waals surface area contributed by atoms with Gasteiger partial charge in [0, 0.05) is 37.3 Å². The summed E-state index contributed by atoms with van der Waals surface area (Å²) in [7, 11) is 0. The maximum absolute atomic E-state index is 12.8. The number of rotatable bonds is 6. The number of pyridine rings is 1. The van der Waals surface area contributed by atoms with Crippen LogP contribution in [0.15, 0.2) is 54.7 Å². The Kier molecular flexibility index (Phi) is 12.0. The first-order chi connectivity index (χ1) is 20.4. The molecule has 43 heavy (non-hydrogen) atoms. The summed E-state index contributed by atoms with van der Waals surface area (Å²) < 4.78 is 24.4. The fourth-order valence-corrected chi connectivity index (χ4v) is 5.46. The van der Waals surface area contributed by atoms with E-state index >= 15 is 0 Å². The van der Waals surface area contributed by atoms with Gasteiger partial charge in [0.2, 0.25) is 11.8 Å². The van der Waals surface area contributed by atoms with Crippen LogP contribution in [0.25, 0.3) is 0 Å². The second-order valence-corrected chi connectivity index (χ2v) is 11.8. The maximum Gasteiger partial charge on any atom is 0.242 e. The monoisotopic (exact) mass is 592 g/mol. The van der Waals surface area contributed by atoms with Crippen LogP contribution in [0.2, 0.25) is 0 Å². The van der Waals surface area contributed by atoms with Crippen LogP contribution in [0.4, 0.5) is 14.6 Å². The van der Waals surface area contributed by atoms with Crippen molar-refractivity contribution in [3.63, 3.8) is 0 Å². The van der Waals surface area contributed by atoms with E-state index in [2.05, 4.69) is 40.7 Å². The van der Waals surface area contributed by atoms with E-state index in [-0.39, 0.29) is 23.8 Å². The van der Waals surface area contributed by atoms with E-state index in [1.54, 1.807) is 13.1 Å². The number of halogens is 2. The Morgan fingerprint density at radius 1 is 1.05 bits per heavy atom. The van der Waals surface area contributed by atoms with Crippen LogP contribution < -0.4 is 10.6 Å². The molecular formula is C35H46F2N4O2. The highest BCUT2D eigenvalue weighted by molar-refractivity contribution is 5.93. The first-order valence-electron chi connectivity index (χ1n) is 15.2. The third-order valence-corrected chi connectivity index (χ3v) is 7.86. The van der Waals surface area contributed by atoms with E-state index in [9.17, 15) is 18.4 Å². The molecule has 5 rings (SSSR count). The third kappa shape index (κ3) is 9.17. The van der Waals surface area contributed by atoms with Crippen LogP contribution in [0.1, 0.15) is 68.9 Å². The Labute approximate surface area is 255 Å². The average Bonchev–Trinajstić information content (AvgIpc) is 3.39. The standard InChI is InChI=1S/C26H34N4O2.C7H6F2.C2H6/c1-17-7-5-11-27-23(17)29-24(31)22-14-20-10-9-19(13-21(20)15-22)8-6-12-30-18(2)16-28-26(3,4)25(30)32;1-5-2-6(8)4-7(9)3-5;1-2/h5,7,9-11,13,18,22,28H,6,8,12,14-16H2,1-4H3,(H,27,29,31);2-4H,1H3;1-2H3/t18-,22+;;/m0../s1. The van der Waals surface area contributed by atoms with Gasteiger partial charge in [-0.05, 0) is 106 Å². The van der Waals surface area contributed by atoms with Gasteiger partial charge in [-0.25, -0.2) is 13.8 Å². The molecule has 232 valence electrons. The summed E-state index contributed by atoms with van der Waals surface area (Å²) in [6, 6.07) is 14.1. The van der Waals surface area contributed by atoms with E-state index in [0.29, 0.717) is 11.4 Å². The van der Waals surface area contributed by atoms with Crippen LogP contribution in [0, 0.1) is 31.4 Å². The molecule has 2 heterocycles. The first kappa shape index (κ1) is 33.8. The number of aryl methyl sites for hydroxylation is 3. The van der Waals surface area contributed by atoms with Crippen molar-refractivity contribution in [2.24, 2.45) is 5.92 Å². The number of fused-ring (bicyclic) bond motifs is 1. The van der Waals surface area contributed by atoms with Gasteiger partial charge in [0.1, 0.15) is 17.5 Å². The number of piperazine rings is 1. The van der Waals surface area contributed by atoms with Crippen molar-refractivity contribution in [3.05, 3.63) is 94.2 Å². The molecule has 1 aromatic heterocycles. The van der Waals surface area contributed by atoms with E-state index in [0.717, 1.165) is 50.4 Å². The predicted molar refractivity (Wildman–Crippen MR) is 169 cm³/mol. The number of carbonyl (C=O) groups excluding carboxylic acids is 2. The molecule has 1 aliphatic heterocycles. The molecule has 2 N–H and O–H groups in total. The molecule has 2 amide bonds. The van der Waals surface area contributed by atoms with Crippen molar-refractivity contribution in [2.75, 3.05) is 18.4 Å². The highest BCUT2D eigenvalue weighted by atomic mass is 19.1. The van der Waals surface area contributed by atoms with Gasteiger partial charge in [0.05, 0.1) is 5.54 Å². The largest absolute Gasteiger partial charge is 0.337 e. The second kappa shape index (κ2) is 15.2. The molecule has 1 fully saturated rings. The molecule has 3 aromatic rings. The molecular weight excluding hydrogens is 546 g/mol. The minimum atomic E-state index is -0.521. The van der Waals surface area contributed by atoms with E-state index in [1.165, 1.54) is 28.8 Å². The van der Waals surface area contributed by atoms with Gasteiger partial charge in [0.15, 0.2) is 0 Å². The van der Waals surface area contributed by atoms with Gasteiger partial charge in [-0.1, -0.05) is 38.1 Å². The molecule has 8 heteroatoms. The van der Waals surface area contributed by atoms with E-state index in [1.807, 2.05) is 51.7 Å². The number of hydrogen-bond donors (Lipinski definition) is 2. The summed E-state index contributed by atoms with van der Waals surface area (Å²) in [6.07, 6.45) is 5.11. The number of aromatic nitrogens is 1. The number of nitrogens with zero attached hydrogens (tertiary/aromatic N) is 2. The van der Waals surface area contributed by atoms with Crippen molar-refractivity contribution in [2.45, 2.75) is 85.7 Å². The average molecular weight is 593 g/mol. The van der Waals surface area contributed by atoms with Gasteiger partial charge in [0.25, 0.3) is 0 Å². The van der Waals surface area contributed by atoms with E-state index in [4.69, 9.17) is 0 Å². The van der Waals surface area contributed by atoms with Crippen LogP contribution in [-0.2, 0) is 28.9 Å². The van der Waals surface area contributed by atoms with Gasteiger partial charge < -0.3 is 15.5 Å². The quantitative estimate of drug-likeness (QED) is 0.339. The number of benzene rings is 2. The lowest BCUT2D eigenvalue weighted by molar-refractivity contribution is -0.142. The number of nitrogens with one attached hydrogen (secondary N) is 2. The third-order valence-electron chi connectivity index (χ3n) is 7.86. The lowest BCUT2D eigenvalue weighted by atomic mass is 9.97. The zero-order valence-electron chi connectivity index (χ0n) is 26.6. The van der Waals surface area contributed by atoms with Gasteiger partial charge in [-0.3, -0.25) is 9.59 Å². The predicted octanol–water partition coefficient (Wildman–Crippen LogP) is 6.57. The van der Waals surface area contributed by atoms with Crippen molar-refractivity contribution < 1.29 is 18.4 Å². The Morgan fingerprint density at radius 2 is 1.72 bits per heavy atom. The topological polar surface area (TPSA) is 74.3 Å². The van der Waals surface area contributed by atoms with Crippen molar-refractivity contribution >= 4 is 17.6 Å². The summed E-state index contributed by atoms with van der Waals surface area (Å²) in [6.45, 7) is 15.2. The molecule has 0 bridgehead atoms. The zero-order valence-corrected chi connectivity index (χ0v) is 26.6. The molecule has 1 aliphatic carbocycles. The molecule has 2 aromatic carbocycles. The fraction of sp³-hybridized carbons (Fsp3) is 0.457. The molecule has 2 atom stereocenters. The summed E-state index contributed by atoms with van der Waals surface area (Å²) in [5, 5.41) is 6.32. The maximum atomic E-state index is 12.8. The number of hydrogen-bond acceptors (Lipinski definition) is 4. The Balaban J connectivity index is 0.000000390. The van der Waals surface area contributed by atoms with Crippen molar-refractivity contribution in [3.8, 4) is 0 Å². The molecule has 1 saturated heterocycles. The highest BCUT2D eigenvalue weighted by Crippen LogP contribution is 2.29. The minimum absolute atomic E-state index is 0.0402. The molecule has 6 nitrogen and oxygen atoms in total. The van der Waals surface area contributed by atoms with Crippen LogP contribution in [-0.4, -0.2) is 46.4 Å². The summed E-state index contributed by atoms with van der Waals surface area (Å²) in [5.41, 5.74) is 4.91. The van der Waals surface area contributed by atoms with Gasteiger partial charge in [-0.2, -0.15) is 0 Å². The molecule has 0 unspecified atom stereocenters. The Morgan fingerprint density at radius 3 is 2.37 bits per heavy atom. The molecule has 0 saturated carbocycles. The Hall–Kier alpha value is -3.65. The lowest BCUT2D eigenvalue weighted by Gasteiger charge is -2.42. The normalized spacial score (nSPS) is 18.5. The molecule has 0 radical (unpaired) electrons. The van der Waals surface area contributed by atoms with Crippen LogP contribution >= 0.6 is 0 Å². The number of carbonyl (C=O) groups is 2. The number of amides is 2. The summed E-state index contributed by atoms with van der Waals surface area (Å²) in [5.74, 6) is -0.224. The van der Waals surface area contributed by atoms with Gasteiger partial charge in [-0.15, -0.1) is 0 Å². The van der Waals surface area contributed by atoms with Crippen LogP contribution in [0.5, 0.6) is 0 Å². The van der Waals surface area contributed by atoms with E-state index < -0.39 is 17.2 Å². The summed E-state index contributed by atoms with van der Waals surface area (Å²) >= 11 is 0. The van der Waals surface area contributed by atoms with Crippen molar-refractivity contribution in [1.82, 2.24) is 15.2 Å². The molecule has 2 aliphatic rings. The molecule has 0 spiro atoms. The second-order valence-electron chi connectivity index (χ2n) is 11.8. The number of anilines is 1. The SMILES string of the molecule is CC.Cc1cc(F)cc(F)c1.Cc1cccnc1NC(=O)[C@@H]1Cc2ccc(CCCN3C(=O)C(C)(C)NC[C@@H]3C)cc2C1. The first-order valence-corrected chi connectivity index (χ1v) is 15.2. The minimum Gasteiger partial charge on any atom is -0.337 e. The van der Waals surface area contributed by atoms with Gasteiger partial charge >= 0.3 is 0 Å². The van der Waals surface area contributed by atoms with Crippen LogP contribution in [0.3, 0.4) is 0 Å². The zero-order chi connectivity index (χ0) is 31.7. The lowest BCUT2D eigenvalue weighted by Crippen LogP contribution is -2.64. The highest BCUT2D eigenvalue weighted by Gasteiger charge is 2.38.